The van der Waals surface area contributed by atoms with Gasteiger partial charge in [-0.25, -0.2) is 0 Å². The summed E-state index contributed by atoms with van der Waals surface area (Å²) in [5.41, 5.74) is 2.89. The van der Waals surface area contributed by atoms with Crippen molar-refractivity contribution < 1.29 is 8.42 Å². The van der Waals surface area contributed by atoms with E-state index in [-0.39, 0.29) is 6.04 Å². The summed E-state index contributed by atoms with van der Waals surface area (Å²) < 4.78 is 30.5. The summed E-state index contributed by atoms with van der Waals surface area (Å²) in [5, 5.41) is 0. The molecule has 0 N–H and O–H groups in total. The highest BCUT2D eigenvalue weighted by atomic mass is 32.2. The molecule has 0 radical (unpaired) electrons. The van der Waals surface area contributed by atoms with Crippen LogP contribution in [0.4, 0.5) is 0 Å². The Morgan fingerprint density at radius 2 is 1.74 bits per heavy atom. The lowest BCUT2D eigenvalue weighted by Crippen LogP contribution is -2.60. The summed E-state index contributed by atoms with van der Waals surface area (Å²) in [6.07, 6.45) is 7.42. The van der Waals surface area contributed by atoms with Gasteiger partial charge in [0.2, 0.25) is 0 Å². The molecule has 0 bridgehead atoms. The van der Waals surface area contributed by atoms with Crippen LogP contribution in [-0.2, 0) is 16.6 Å². The SMILES string of the molecule is O=S(=O)(N1CCCCC1)N1CCC[C@@H]2CN3CCc4ccccc4[C@H]3C[C@@H]21. The van der Waals surface area contributed by atoms with Crippen LogP contribution < -0.4 is 0 Å². The molecule has 3 saturated heterocycles. The van der Waals surface area contributed by atoms with Crippen molar-refractivity contribution in [3.63, 3.8) is 0 Å². The molecule has 4 aliphatic heterocycles. The van der Waals surface area contributed by atoms with Crippen molar-refractivity contribution >= 4 is 10.2 Å². The maximum atomic E-state index is 13.4. The third kappa shape index (κ3) is 3.15. The summed E-state index contributed by atoms with van der Waals surface area (Å²) in [6.45, 7) is 4.27. The second-order valence-electron chi connectivity index (χ2n) is 8.74. The Hall–Kier alpha value is -0.950. The fraction of sp³-hybridized carbons (Fsp3) is 0.714. The van der Waals surface area contributed by atoms with Crippen molar-refractivity contribution in [2.24, 2.45) is 5.92 Å². The van der Waals surface area contributed by atoms with Crippen LogP contribution in [0.2, 0.25) is 0 Å². The van der Waals surface area contributed by atoms with Gasteiger partial charge in [0.25, 0.3) is 10.2 Å². The minimum absolute atomic E-state index is 0.165. The lowest BCUT2D eigenvalue weighted by Gasteiger charge is -2.52. The number of fused-ring (bicyclic) bond motifs is 4. The Morgan fingerprint density at radius 1 is 0.926 bits per heavy atom. The highest BCUT2D eigenvalue weighted by Crippen LogP contribution is 2.43. The summed E-state index contributed by atoms with van der Waals surface area (Å²) in [5.74, 6) is 0.486. The normalized spacial score (nSPS) is 33.1. The molecule has 4 aliphatic rings. The van der Waals surface area contributed by atoms with Crippen molar-refractivity contribution in [1.29, 1.82) is 0 Å². The maximum absolute atomic E-state index is 13.4. The van der Waals surface area contributed by atoms with Gasteiger partial charge in [-0.1, -0.05) is 30.7 Å². The number of piperidine rings is 3. The van der Waals surface area contributed by atoms with Crippen molar-refractivity contribution in [3.8, 4) is 0 Å². The topological polar surface area (TPSA) is 43.9 Å². The Balaban J connectivity index is 1.44. The average molecular weight is 390 g/mol. The van der Waals surface area contributed by atoms with E-state index in [4.69, 9.17) is 0 Å². The van der Waals surface area contributed by atoms with Crippen molar-refractivity contribution in [2.45, 2.75) is 57.0 Å². The minimum atomic E-state index is -3.32. The molecule has 0 unspecified atom stereocenters. The van der Waals surface area contributed by atoms with Crippen LogP contribution in [-0.4, -0.2) is 60.7 Å². The van der Waals surface area contributed by atoms with Gasteiger partial charge in [0.15, 0.2) is 0 Å². The van der Waals surface area contributed by atoms with E-state index in [1.54, 1.807) is 4.31 Å². The quantitative estimate of drug-likeness (QED) is 0.781. The third-order valence-corrected chi connectivity index (χ3v) is 9.33. The molecule has 148 valence electrons. The molecule has 3 atom stereocenters. The van der Waals surface area contributed by atoms with Crippen LogP contribution in [0, 0.1) is 5.92 Å². The van der Waals surface area contributed by atoms with E-state index < -0.39 is 10.2 Å². The molecular formula is C21H31N3O2S. The van der Waals surface area contributed by atoms with E-state index >= 15 is 0 Å². The Bertz CT molecular complexity index is 790. The van der Waals surface area contributed by atoms with Gasteiger partial charge in [0, 0.05) is 44.8 Å². The lowest BCUT2D eigenvalue weighted by molar-refractivity contribution is 0.0195. The summed E-state index contributed by atoms with van der Waals surface area (Å²) in [4.78, 5) is 2.63. The number of hydrogen-bond donors (Lipinski definition) is 0. The van der Waals surface area contributed by atoms with Crippen molar-refractivity contribution in [3.05, 3.63) is 35.4 Å². The van der Waals surface area contributed by atoms with E-state index in [1.807, 2.05) is 4.31 Å². The van der Waals surface area contributed by atoms with Gasteiger partial charge in [-0.05, 0) is 55.6 Å². The minimum Gasteiger partial charge on any atom is -0.296 e. The van der Waals surface area contributed by atoms with Crippen molar-refractivity contribution in [1.82, 2.24) is 13.5 Å². The number of nitrogens with zero attached hydrogens (tertiary/aromatic N) is 3. The Kier molecular flexibility index (Phi) is 4.79. The average Bonchev–Trinajstić information content (AvgIpc) is 2.72. The van der Waals surface area contributed by atoms with E-state index in [9.17, 15) is 8.42 Å². The summed E-state index contributed by atoms with van der Waals surface area (Å²) in [6, 6.07) is 9.33. The Morgan fingerprint density at radius 3 is 2.59 bits per heavy atom. The van der Waals surface area contributed by atoms with Gasteiger partial charge >= 0.3 is 0 Å². The highest BCUT2D eigenvalue weighted by Gasteiger charge is 2.47. The van der Waals surface area contributed by atoms with Crippen LogP contribution >= 0.6 is 0 Å². The molecule has 0 spiro atoms. The number of benzene rings is 1. The molecule has 1 aromatic carbocycles. The molecule has 0 saturated carbocycles. The lowest BCUT2D eigenvalue weighted by atomic mass is 9.77. The second kappa shape index (κ2) is 7.14. The first-order valence-electron chi connectivity index (χ1n) is 10.7. The third-order valence-electron chi connectivity index (χ3n) is 7.26. The van der Waals surface area contributed by atoms with Gasteiger partial charge in [0.05, 0.1) is 0 Å². The van der Waals surface area contributed by atoms with Crippen LogP contribution in [0.25, 0.3) is 0 Å². The monoisotopic (exact) mass is 389 g/mol. The predicted molar refractivity (Wildman–Crippen MR) is 107 cm³/mol. The molecule has 5 nitrogen and oxygen atoms in total. The fourth-order valence-electron chi connectivity index (χ4n) is 5.88. The van der Waals surface area contributed by atoms with Crippen molar-refractivity contribution in [2.75, 3.05) is 32.7 Å². The molecule has 5 rings (SSSR count). The predicted octanol–water partition coefficient (Wildman–Crippen LogP) is 2.80. The van der Waals surface area contributed by atoms with Crippen LogP contribution in [0.1, 0.15) is 55.7 Å². The van der Waals surface area contributed by atoms with Gasteiger partial charge < -0.3 is 0 Å². The highest BCUT2D eigenvalue weighted by molar-refractivity contribution is 7.86. The molecule has 0 aromatic heterocycles. The maximum Gasteiger partial charge on any atom is 0.282 e. The summed E-state index contributed by atoms with van der Waals surface area (Å²) >= 11 is 0. The molecule has 4 heterocycles. The zero-order chi connectivity index (χ0) is 18.4. The van der Waals surface area contributed by atoms with E-state index in [0.29, 0.717) is 31.6 Å². The zero-order valence-corrected chi connectivity index (χ0v) is 16.9. The first-order chi connectivity index (χ1) is 13.1. The molecule has 27 heavy (non-hydrogen) atoms. The van der Waals surface area contributed by atoms with E-state index in [0.717, 1.165) is 51.6 Å². The first-order valence-corrected chi connectivity index (χ1v) is 12.1. The van der Waals surface area contributed by atoms with E-state index in [2.05, 4.69) is 29.2 Å². The smallest absolute Gasteiger partial charge is 0.282 e. The second-order valence-corrected chi connectivity index (χ2v) is 10.6. The molecule has 6 heteroatoms. The summed E-state index contributed by atoms with van der Waals surface area (Å²) in [7, 11) is -3.32. The molecular weight excluding hydrogens is 358 g/mol. The first kappa shape index (κ1) is 18.1. The van der Waals surface area contributed by atoms with Crippen LogP contribution in [0.5, 0.6) is 0 Å². The largest absolute Gasteiger partial charge is 0.296 e. The van der Waals surface area contributed by atoms with Crippen LogP contribution in [0.15, 0.2) is 24.3 Å². The number of rotatable bonds is 2. The Labute approximate surface area is 163 Å². The fourth-order valence-corrected chi connectivity index (χ4v) is 7.86. The molecule has 3 fully saturated rings. The molecule has 0 amide bonds. The zero-order valence-electron chi connectivity index (χ0n) is 16.1. The van der Waals surface area contributed by atoms with Gasteiger partial charge in [-0.15, -0.1) is 0 Å². The molecule has 1 aromatic rings. The number of hydrogen-bond acceptors (Lipinski definition) is 3. The van der Waals surface area contributed by atoms with Gasteiger partial charge in [-0.3, -0.25) is 4.90 Å². The van der Waals surface area contributed by atoms with E-state index in [1.165, 1.54) is 17.5 Å². The standard InChI is InChI=1S/C21H31N3O2S/c25-27(26,23-11-4-1-5-12-23)24-13-6-8-18-16-22-14-10-17-7-2-3-9-19(17)21(22)15-20(18)24/h2-3,7,9,18,20-21H,1,4-6,8,10-16H2/t18-,20+,21-/m1/s1. The van der Waals surface area contributed by atoms with Gasteiger partial charge in [-0.2, -0.15) is 17.0 Å². The molecule has 0 aliphatic carbocycles. The van der Waals surface area contributed by atoms with Gasteiger partial charge in [0.1, 0.15) is 0 Å². The van der Waals surface area contributed by atoms with Crippen LogP contribution in [0.3, 0.4) is 0 Å².